The molecule has 0 aliphatic rings. The molecular weight excluding hydrogens is 343 g/mol. The third kappa shape index (κ3) is 4.53. The number of aromatic nitrogens is 1. The summed E-state index contributed by atoms with van der Waals surface area (Å²) in [5.41, 5.74) is -2.30. The Morgan fingerprint density at radius 1 is 0.833 bits per heavy atom. The minimum atomic E-state index is -5.84. The summed E-state index contributed by atoms with van der Waals surface area (Å²) in [7, 11) is -5.84. The van der Waals surface area contributed by atoms with E-state index in [-0.39, 0.29) is 0 Å². The summed E-state index contributed by atoms with van der Waals surface area (Å²) in [6.45, 7) is 0. The fourth-order valence-corrected chi connectivity index (χ4v) is 1.84. The van der Waals surface area contributed by atoms with Crippen molar-refractivity contribution >= 4 is 21.0 Å². The molecule has 4 nitrogen and oxygen atoms in total. The Kier molecular flexibility index (Phi) is 5.20. The third-order valence-corrected chi connectivity index (χ3v) is 3.55. The van der Waals surface area contributed by atoms with Gasteiger partial charge in [0, 0.05) is 10.9 Å². The Morgan fingerprint density at radius 2 is 1.38 bits per heavy atom. The lowest BCUT2D eigenvalue weighted by Crippen LogP contribution is -2.21. The van der Waals surface area contributed by atoms with E-state index in [0.717, 1.165) is 16.8 Å². The van der Waals surface area contributed by atoms with Gasteiger partial charge in [-0.2, -0.15) is 21.6 Å². The minimum Gasteiger partial charge on any atom is -0.279 e. The van der Waals surface area contributed by atoms with E-state index < -0.39 is 15.6 Å². The number of alkyl halides is 3. The van der Waals surface area contributed by atoms with Crippen molar-refractivity contribution < 1.29 is 26.1 Å². The molecule has 0 aliphatic heterocycles. The Hall–Kier alpha value is -2.45. The van der Waals surface area contributed by atoms with E-state index in [0.29, 0.717) is 0 Å². The first-order chi connectivity index (χ1) is 11.2. The van der Waals surface area contributed by atoms with Gasteiger partial charge in [-0.25, -0.2) is 4.98 Å². The first-order valence-electron chi connectivity index (χ1n) is 6.63. The summed E-state index contributed by atoms with van der Waals surface area (Å²) in [5, 5.41) is 1.18. The highest BCUT2D eigenvalue weighted by molar-refractivity contribution is 7.86. The molecule has 0 aliphatic carbocycles. The molecule has 0 saturated heterocycles. The molecule has 126 valence electrons. The smallest absolute Gasteiger partial charge is 0.279 e. The van der Waals surface area contributed by atoms with Gasteiger partial charge < -0.3 is 0 Å². The normalized spacial score (nSPS) is 11.7. The van der Waals surface area contributed by atoms with Crippen LogP contribution in [0.25, 0.3) is 22.2 Å². The Balaban J connectivity index is 0.000000224. The molecule has 0 atom stereocenters. The summed E-state index contributed by atoms with van der Waals surface area (Å²) >= 11 is 0. The van der Waals surface area contributed by atoms with Crippen molar-refractivity contribution in [3.8, 4) is 11.3 Å². The molecule has 3 rings (SSSR count). The van der Waals surface area contributed by atoms with Crippen LogP contribution in [-0.4, -0.2) is 23.5 Å². The summed E-state index contributed by atoms with van der Waals surface area (Å²) in [6.07, 6.45) is 0. The maximum Gasteiger partial charge on any atom is 0.522 e. The van der Waals surface area contributed by atoms with E-state index in [1.807, 2.05) is 36.4 Å². The van der Waals surface area contributed by atoms with Crippen LogP contribution in [0.1, 0.15) is 0 Å². The van der Waals surface area contributed by atoms with Crippen LogP contribution in [0.2, 0.25) is 0 Å². The Bertz CT molecular complexity index is 926. The van der Waals surface area contributed by atoms with Crippen molar-refractivity contribution in [1.82, 2.24) is 4.98 Å². The van der Waals surface area contributed by atoms with Crippen molar-refractivity contribution in [2.45, 2.75) is 5.51 Å². The quantitative estimate of drug-likeness (QED) is 0.522. The fourth-order valence-electron chi connectivity index (χ4n) is 1.84. The highest BCUT2D eigenvalue weighted by atomic mass is 32.2. The van der Waals surface area contributed by atoms with Gasteiger partial charge in [-0.15, -0.1) is 0 Å². The SMILES string of the molecule is O=S(=O)(O)C(F)(F)F.c1ccc(-c2ccc3ccccc3n2)cc1. The zero-order chi connectivity index (χ0) is 17.8. The zero-order valence-corrected chi connectivity index (χ0v) is 12.9. The predicted molar refractivity (Wildman–Crippen MR) is 84.8 cm³/mol. The van der Waals surface area contributed by atoms with Gasteiger partial charge in [0.1, 0.15) is 0 Å². The average Bonchev–Trinajstić information content (AvgIpc) is 2.54. The molecule has 1 heterocycles. The number of hydrogen-bond donors (Lipinski definition) is 1. The fraction of sp³-hybridized carbons (Fsp3) is 0.0625. The van der Waals surface area contributed by atoms with Crippen LogP contribution in [0, 0.1) is 0 Å². The second-order valence-corrected chi connectivity index (χ2v) is 6.09. The van der Waals surface area contributed by atoms with Crippen LogP contribution in [0.15, 0.2) is 66.7 Å². The summed E-state index contributed by atoms with van der Waals surface area (Å²) < 4.78 is 57.5. The van der Waals surface area contributed by atoms with Crippen molar-refractivity contribution in [1.29, 1.82) is 0 Å². The number of rotatable bonds is 1. The van der Waals surface area contributed by atoms with Gasteiger partial charge in [0.25, 0.3) is 0 Å². The van der Waals surface area contributed by atoms with Gasteiger partial charge >= 0.3 is 15.6 Å². The van der Waals surface area contributed by atoms with Crippen molar-refractivity contribution in [2.24, 2.45) is 0 Å². The van der Waals surface area contributed by atoms with E-state index in [1.165, 1.54) is 5.39 Å². The first kappa shape index (κ1) is 17.9. The molecular formula is C16H12F3NO3S. The monoisotopic (exact) mass is 355 g/mol. The molecule has 0 unspecified atom stereocenters. The molecule has 1 N–H and O–H groups in total. The molecule has 3 aromatic rings. The van der Waals surface area contributed by atoms with E-state index >= 15 is 0 Å². The van der Waals surface area contributed by atoms with Crippen LogP contribution in [0.4, 0.5) is 13.2 Å². The molecule has 0 spiro atoms. The van der Waals surface area contributed by atoms with Crippen LogP contribution in [-0.2, 0) is 10.1 Å². The second-order valence-electron chi connectivity index (χ2n) is 4.68. The van der Waals surface area contributed by atoms with E-state index in [2.05, 4.69) is 35.3 Å². The maximum absolute atomic E-state index is 10.7. The van der Waals surface area contributed by atoms with Gasteiger partial charge in [0.2, 0.25) is 0 Å². The predicted octanol–water partition coefficient (Wildman–Crippen LogP) is 4.30. The molecule has 0 amide bonds. The molecule has 0 fully saturated rings. The number of benzene rings is 2. The van der Waals surface area contributed by atoms with Crippen LogP contribution in [0.5, 0.6) is 0 Å². The Labute approximate surface area is 136 Å². The largest absolute Gasteiger partial charge is 0.522 e. The lowest BCUT2D eigenvalue weighted by molar-refractivity contribution is -0.0510. The number of para-hydroxylation sites is 1. The molecule has 1 aromatic heterocycles. The number of hydrogen-bond acceptors (Lipinski definition) is 3. The number of pyridine rings is 1. The molecule has 0 saturated carbocycles. The van der Waals surface area contributed by atoms with Gasteiger partial charge in [0.05, 0.1) is 11.2 Å². The van der Waals surface area contributed by atoms with Crippen LogP contribution in [0.3, 0.4) is 0 Å². The van der Waals surface area contributed by atoms with E-state index in [4.69, 9.17) is 13.0 Å². The van der Waals surface area contributed by atoms with Crippen LogP contribution >= 0.6 is 0 Å². The average molecular weight is 355 g/mol. The first-order valence-corrected chi connectivity index (χ1v) is 8.07. The molecule has 0 bridgehead atoms. The lowest BCUT2D eigenvalue weighted by atomic mass is 10.1. The number of halogens is 3. The topological polar surface area (TPSA) is 67.3 Å². The highest BCUT2D eigenvalue weighted by Gasteiger charge is 2.44. The zero-order valence-electron chi connectivity index (χ0n) is 12.1. The summed E-state index contributed by atoms with van der Waals surface area (Å²) in [5.74, 6) is 0. The van der Waals surface area contributed by atoms with E-state index in [9.17, 15) is 13.2 Å². The van der Waals surface area contributed by atoms with Gasteiger partial charge in [-0.1, -0.05) is 54.6 Å². The Morgan fingerprint density at radius 3 is 1.96 bits per heavy atom. The minimum absolute atomic E-state index is 1.03. The highest BCUT2D eigenvalue weighted by Crippen LogP contribution is 2.21. The molecule has 0 radical (unpaired) electrons. The molecule has 8 heteroatoms. The van der Waals surface area contributed by atoms with Gasteiger partial charge in [-0.05, 0) is 12.1 Å². The van der Waals surface area contributed by atoms with Gasteiger partial charge in [-0.3, -0.25) is 4.55 Å². The second kappa shape index (κ2) is 6.98. The summed E-state index contributed by atoms with van der Waals surface area (Å²) in [6, 6.07) is 22.6. The standard InChI is InChI=1S/C15H11N.CHF3O3S/c1-2-6-12(7-3-1)15-11-10-13-8-4-5-9-14(13)16-15;2-1(3,4)8(5,6)7/h1-11H;(H,5,6,7). The summed E-state index contributed by atoms with van der Waals surface area (Å²) in [4.78, 5) is 4.65. The van der Waals surface area contributed by atoms with Crippen molar-refractivity contribution in [3.05, 3.63) is 66.7 Å². The number of fused-ring (bicyclic) bond motifs is 1. The van der Waals surface area contributed by atoms with Crippen LogP contribution < -0.4 is 0 Å². The number of nitrogens with zero attached hydrogens (tertiary/aromatic N) is 1. The van der Waals surface area contributed by atoms with Gasteiger partial charge in [0.15, 0.2) is 0 Å². The maximum atomic E-state index is 10.7. The van der Waals surface area contributed by atoms with Crippen molar-refractivity contribution in [2.75, 3.05) is 0 Å². The molecule has 2 aromatic carbocycles. The lowest BCUT2D eigenvalue weighted by Gasteiger charge is -2.02. The third-order valence-electron chi connectivity index (χ3n) is 2.96. The van der Waals surface area contributed by atoms with E-state index in [1.54, 1.807) is 0 Å². The van der Waals surface area contributed by atoms with Crippen molar-refractivity contribution in [3.63, 3.8) is 0 Å². The molecule has 24 heavy (non-hydrogen) atoms.